The largest absolute Gasteiger partial charge is 0.472 e. The van der Waals surface area contributed by atoms with E-state index in [2.05, 4.69) is 5.10 Å². The molecular formula is C14H12N2O2. The minimum atomic E-state index is -0.707. The number of benzene rings is 1. The molecule has 1 N–H and O–H groups in total. The third kappa shape index (κ3) is 1.94. The summed E-state index contributed by atoms with van der Waals surface area (Å²) in [6, 6.07) is 11.5. The van der Waals surface area contributed by atoms with Crippen molar-refractivity contribution in [3.05, 3.63) is 72.4 Å². The van der Waals surface area contributed by atoms with Crippen LogP contribution in [-0.2, 0) is 0 Å². The van der Waals surface area contributed by atoms with E-state index in [9.17, 15) is 5.11 Å². The smallest absolute Gasteiger partial charge is 0.110 e. The second-order valence-corrected chi connectivity index (χ2v) is 4.01. The van der Waals surface area contributed by atoms with Crippen LogP contribution in [-0.4, -0.2) is 14.9 Å². The molecule has 0 saturated carbocycles. The summed E-state index contributed by atoms with van der Waals surface area (Å²) in [5.74, 6) is 0. The van der Waals surface area contributed by atoms with E-state index >= 15 is 0 Å². The second-order valence-electron chi connectivity index (χ2n) is 4.01. The Morgan fingerprint density at radius 2 is 1.94 bits per heavy atom. The van der Waals surface area contributed by atoms with Crippen LogP contribution >= 0.6 is 0 Å². The van der Waals surface area contributed by atoms with Crippen LogP contribution in [0.25, 0.3) is 5.69 Å². The van der Waals surface area contributed by atoms with E-state index < -0.39 is 6.10 Å². The lowest BCUT2D eigenvalue weighted by Gasteiger charge is -2.04. The van der Waals surface area contributed by atoms with Gasteiger partial charge < -0.3 is 9.52 Å². The minimum Gasteiger partial charge on any atom is -0.472 e. The molecule has 2 heterocycles. The van der Waals surface area contributed by atoms with Gasteiger partial charge in [0.1, 0.15) is 6.10 Å². The average Bonchev–Trinajstić information content (AvgIpc) is 3.10. The van der Waals surface area contributed by atoms with Gasteiger partial charge in [-0.25, -0.2) is 4.68 Å². The molecule has 0 radical (unpaired) electrons. The zero-order valence-electron chi connectivity index (χ0n) is 9.60. The molecular weight excluding hydrogens is 228 g/mol. The number of aliphatic hydroxyl groups excluding tert-OH is 1. The molecule has 0 aliphatic heterocycles. The van der Waals surface area contributed by atoms with Crippen molar-refractivity contribution in [2.75, 3.05) is 0 Å². The number of para-hydroxylation sites is 1. The summed E-state index contributed by atoms with van der Waals surface area (Å²) in [4.78, 5) is 0. The number of aliphatic hydroxyl groups is 1. The first-order valence-corrected chi connectivity index (χ1v) is 5.65. The molecule has 0 spiro atoms. The zero-order chi connectivity index (χ0) is 12.4. The fourth-order valence-corrected chi connectivity index (χ4v) is 1.82. The molecule has 4 heteroatoms. The fourth-order valence-electron chi connectivity index (χ4n) is 1.82. The van der Waals surface area contributed by atoms with Crippen molar-refractivity contribution in [3.8, 4) is 5.69 Å². The standard InChI is InChI=1S/C14H12N2O2/c17-14(11-6-7-18-10-11)12-8-15-16(9-12)13-4-2-1-3-5-13/h1-10,14,17H. The average molecular weight is 240 g/mol. The molecule has 4 nitrogen and oxygen atoms in total. The number of rotatable bonds is 3. The molecule has 0 aliphatic carbocycles. The van der Waals surface area contributed by atoms with Crippen LogP contribution in [0.3, 0.4) is 0 Å². The highest BCUT2D eigenvalue weighted by atomic mass is 16.3. The Labute approximate surface area is 104 Å². The highest BCUT2D eigenvalue weighted by molar-refractivity contribution is 5.32. The molecule has 3 aromatic rings. The van der Waals surface area contributed by atoms with Crippen LogP contribution in [0.5, 0.6) is 0 Å². The van der Waals surface area contributed by atoms with E-state index in [-0.39, 0.29) is 0 Å². The first-order valence-electron chi connectivity index (χ1n) is 5.65. The molecule has 0 bridgehead atoms. The minimum absolute atomic E-state index is 0.707. The highest BCUT2D eigenvalue weighted by Crippen LogP contribution is 2.22. The quantitative estimate of drug-likeness (QED) is 0.765. The summed E-state index contributed by atoms with van der Waals surface area (Å²) in [6.07, 6.45) is 5.84. The number of hydrogen-bond acceptors (Lipinski definition) is 3. The van der Waals surface area contributed by atoms with E-state index in [1.54, 1.807) is 23.2 Å². The van der Waals surface area contributed by atoms with Gasteiger partial charge in [-0.3, -0.25) is 0 Å². The summed E-state index contributed by atoms with van der Waals surface area (Å²) >= 11 is 0. The molecule has 0 saturated heterocycles. The fraction of sp³-hybridized carbons (Fsp3) is 0.0714. The molecule has 3 rings (SSSR count). The number of aromatic nitrogens is 2. The van der Waals surface area contributed by atoms with E-state index in [4.69, 9.17) is 4.42 Å². The van der Waals surface area contributed by atoms with E-state index in [1.807, 2.05) is 36.5 Å². The first kappa shape index (κ1) is 10.8. The SMILES string of the molecule is OC(c1ccoc1)c1cnn(-c2ccccc2)c1. The Morgan fingerprint density at radius 1 is 1.11 bits per heavy atom. The van der Waals surface area contributed by atoms with Crippen LogP contribution < -0.4 is 0 Å². The summed E-state index contributed by atoms with van der Waals surface area (Å²) in [7, 11) is 0. The molecule has 0 fully saturated rings. The van der Waals surface area contributed by atoms with Gasteiger partial charge in [-0.1, -0.05) is 18.2 Å². The lowest BCUT2D eigenvalue weighted by Crippen LogP contribution is -1.96. The van der Waals surface area contributed by atoms with Crippen LogP contribution in [0.4, 0.5) is 0 Å². The molecule has 1 unspecified atom stereocenters. The summed E-state index contributed by atoms with van der Waals surface area (Å²) in [6.45, 7) is 0. The maximum Gasteiger partial charge on any atom is 0.110 e. The van der Waals surface area contributed by atoms with Crippen molar-refractivity contribution < 1.29 is 9.52 Å². The lowest BCUT2D eigenvalue weighted by atomic mass is 10.1. The van der Waals surface area contributed by atoms with Crippen molar-refractivity contribution in [3.63, 3.8) is 0 Å². The Balaban J connectivity index is 1.90. The normalized spacial score (nSPS) is 12.5. The van der Waals surface area contributed by atoms with Crippen molar-refractivity contribution in [1.82, 2.24) is 9.78 Å². The third-order valence-corrected chi connectivity index (χ3v) is 2.80. The lowest BCUT2D eigenvalue weighted by molar-refractivity contribution is 0.219. The van der Waals surface area contributed by atoms with Gasteiger partial charge >= 0.3 is 0 Å². The van der Waals surface area contributed by atoms with Gasteiger partial charge in [0.15, 0.2) is 0 Å². The van der Waals surface area contributed by atoms with Gasteiger partial charge in [0.2, 0.25) is 0 Å². The van der Waals surface area contributed by atoms with Crippen LogP contribution in [0, 0.1) is 0 Å². The molecule has 0 aliphatic rings. The monoisotopic (exact) mass is 240 g/mol. The van der Waals surface area contributed by atoms with Crippen molar-refractivity contribution in [1.29, 1.82) is 0 Å². The highest BCUT2D eigenvalue weighted by Gasteiger charge is 2.13. The van der Waals surface area contributed by atoms with Crippen molar-refractivity contribution in [2.45, 2.75) is 6.10 Å². The third-order valence-electron chi connectivity index (χ3n) is 2.80. The van der Waals surface area contributed by atoms with Gasteiger partial charge in [0.25, 0.3) is 0 Å². The van der Waals surface area contributed by atoms with Crippen LogP contribution in [0.1, 0.15) is 17.2 Å². The van der Waals surface area contributed by atoms with Crippen LogP contribution in [0.15, 0.2) is 65.7 Å². The zero-order valence-corrected chi connectivity index (χ0v) is 9.60. The molecule has 90 valence electrons. The van der Waals surface area contributed by atoms with E-state index in [0.717, 1.165) is 16.8 Å². The number of nitrogens with zero attached hydrogens (tertiary/aromatic N) is 2. The van der Waals surface area contributed by atoms with Crippen molar-refractivity contribution in [2.24, 2.45) is 0 Å². The Hall–Kier alpha value is -2.33. The molecule has 18 heavy (non-hydrogen) atoms. The Bertz CT molecular complexity index is 614. The molecule has 0 amide bonds. The number of furan rings is 1. The topological polar surface area (TPSA) is 51.2 Å². The maximum absolute atomic E-state index is 10.1. The molecule has 1 atom stereocenters. The molecule has 1 aromatic carbocycles. The van der Waals surface area contributed by atoms with E-state index in [1.165, 1.54) is 6.26 Å². The van der Waals surface area contributed by atoms with E-state index in [0.29, 0.717) is 0 Å². The van der Waals surface area contributed by atoms with Gasteiger partial charge in [0, 0.05) is 17.3 Å². The van der Waals surface area contributed by atoms with Crippen molar-refractivity contribution >= 4 is 0 Å². The van der Waals surface area contributed by atoms with Gasteiger partial charge in [-0.05, 0) is 18.2 Å². The predicted octanol–water partition coefficient (Wildman–Crippen LogP) is 2.55. The van der Waals surface area contributed by atoms with Gasteiger partial charge in [-0.15, -0.1) is 0 Å². The maximum atomic E-state index is 10.1. The second kappa shape index (κ2) is 4.50. The van der Waals surface area contributed by atoms with Gasteiger partial charge in [0.05, 0.1) is 24.4 Å². The Kier molecular flexibility index (Phi) is 2.70. The summed E-state index contributed by atoms with van der Waals surface area (Å²) in [5, 5.41) is 14.4. The number of hydrogen-bond donors (Lipinski definition) is 1. The van der Waals surface area contributed by atoms with Gasteiger partial charge in [-0.2, -0.15) is 5.10 Å². The summed E-state index contributed by atoms with van der Waals surface area (Å²) < 4.78 is 6.70. The Morgan fingerprint density at radius 3 is 2.67 bits per heavy atom. The first-order chi connectivity index (χ1) is 8.84. The molecule has 2 aromatic heterocycles. The predicted molar refractivity (Wildman–Crippen MR) is 66.3 cm³/mol. The summed E-state index contributed by atoms with van der Waals surface area (Å²) in [5.41, 5.74) is 2.42. The van der Waals surface area contributed by atoms with Crippen LogP contribution in [0.2, 0.25) is 0 Å².